The van der Waals surface area contributed by atoms with Crippen molar-refractivity contribution in [2.75, 3.05) is 19.6 Å². The van der Waals surface area contributed by atoms with Gasteiger partial charge in [0.1, 0.15) is 0 Å². The molecule has 0 saturated carbocycles. The fourth-order valence-electron chi connectivity index (χ4n) is 2.65. The quantitative estimate of drug-likeness (QED) is 0.747. The third-order valence-electron chi connectivity index (χ3n) is 3.69. The number of hydrogen-bond acceptors (Lipinski definition) is 3. The number of nitrogens with one attached hydrogen (secondary N) is 1. The molecule has 20 heavy (non-hydrogen) atoms. The zero-order valence-corrected chi connectivity index (χ0v) is 13.1. The van der Waals surface area contributed by atoms with Crippen molar-refractivity contribution >= 4 is 11.9 Å². The van der Waals surface area contributed by atoms with Crippen LogP contribution in [0.4, 0.5) is 0 Å². The van der Waals surface area contributed by atoms with Gasteiger partial charge in [-0.15, -0.1) is 0 Å². The van der Waals surface area contributed by atoms with Gasteiger partial charge in [-0.3, -0.25) is 9.59 Å². The number of carboxylic acid groups (broad SMARTS) is 1. The van der Waals surface area contributed by atoms with Crippen LogP contribution < -0.4 is 5.32 Å². The average Bonchev–Trinajstić information content (AvgIpc) is 2.73. The number of aliphatic carboxylic acids is 1. The average molecular weight is 284 g/mol. The van der Waals surface area contributed by atoms with Crippen LogP contribution >= 0.6 is 0 Å². The Morgan fingerprint density at radius 1 is 1.40 bits per heavy atom. The van der Waals surface area contributed by atoms with Crippen LogP contribution in [0, 0.1) is 11.8 Å². The van der Waals surface area contributed by atoms with Crippen LogP contribution in [0.5, 0.6) is 0 Å². The maximum atomic E-state index is 12.3. The Hall–Kier alpha value is -1.10. The molecule has 5 heteroatoms. The number of carboxylic acids is 1. The second kappa shape index (κ2) is 7.07. The molecule has 0 bridgehead atoms. The van der Waals surface area contributed by atoms with Gasteiger partial charge in [-0.2, -0.15) is 0 Å². The normalized spacial score (nSPS) is 20.4. The summed E-state index contributed by atoms with van der Waals surface area (Å²) in [5, 5.41) is 11.7. The van der Waals surface area contributed by atoms with Crippen molar-refractivity contribution in [3.63, 3.8) is 0 Å². The molecule has 5 nitrogen and oxygen atoms in total. The van der Waals surface area contributed by atoms with Crippen LogP contribution in [0.3, 0.4) is 0 Å². The molecule has 0 aliphatic carbocycles. The molecule has 116 valence electrons. The monoisotopic (exact) mass is 284 g/mol. The fourth-order valence-corrected chi connectivity index (χ4v) is 2.65. The first-order valence-corrected chi connectivity index (χ1v) is 7.46. The summed E-state index contributed by atoms with van der Waals surface area (Å²) in [5.74, 6) is -0.107. The lowest BCUT2D eigenvalue weighted by Crippen LogP contribution is -2.47. The summed E-state index contributed by atoms with van der Waals surface area (Å²) < 4.78 is 0. The zero-order chi connectivity index (χ0) is 15.3. The molecule has 1 fully saturated rings. The molecule has 1 heterocycles. The van der Waals surface area contributed by atoms with Crippen LogP contribution in [0.2, 0.25) is 0 Å². The van der Waals surface area contributed by atoms with Crippen molar-refractivity contribution in [2.45, 2.75) is 52.5 Å². The zero-order valence-electron chi connectivity index (χ0n) is 13.1. The van der Waals surface area contributed by atoms with Crippen molar-refractivity contribution in [1.29, 1.82) is 0 Å². The molecule has 2 N–H and O–H groups in total. The van der Waals surface area contributed by atoms with Crippen LogP contribution in [0.25, 0.3) is 0 Å². The van der Waals surface area contributed by atoms with E-state index in [2.05, 4.69) is 24.1 Å². The van der Waals surface area contributed by atoms with Crippen LogP contribution in [0.15, 0.2) is 0 Å². The van der Waals surface area contributed by atoms with Gasteiger partial charge < -0.3 is 15.3 Å². The first-order valence-electron chi connectivity index (χ1n) is 7.46. The van der Waals surface area contributed by atoms with E-state index in [9.17, 15) is 9.59 Å². The third kappa shape index (κ3) is 5.90. The van der Waals surface area contributed by atoms with Gasteiger partial charge in [-0.05, 0) is 39.2 Å². The molecule has 0 aromatic heterocycles. The van der Waals surface area contributed by atoms with E-state index in [-0.39, 0.29) is 18.2 Å². The number of rotatable bonds is 7. The molecule has 1 amide bonds. The van der Waals surface area contributed by atoms with Gasteiger partial charge >= 0.3 is 5.97 Å². The Morgan fingerprint density at radius 2 is 2.05 bits per heavy atom. The number of likely N-dealkylation sites (tertiary alicyclic amines) is 1. The molecule has 1 saturated heterocycles. The minimum Gasteiger partial charge on any atom is -0.481 e. The number of carbonyl (C=O) groups excluding carboxylic acids is 1. The maximum Gasteiger partial charge on any atom is 0.303 e. The molecular weight excluding hydrogens is 256 g/mol. The van der Waals surface area contributed by atoms with Gasteiger partial charge in [0.25, 0.3) is 0 Å². The van der Waals surface area contributed by atoms with Gasteiger partial charge in [-0.1, -0.05) is 13.8 Å². The van der Waals surface area contributed by atoms with Gasteiger partial charge in [0.15, 0.2) is 0 Å². The predicted octanol–water partition coefficient (Wildman–Crippen LogP) is 1.72. The highest BCUT2D eigenvalue weighted by Gasteiger charge is 2.31. The molecule has 0 aromatic carbocycles. The number of hydrogen-bond donors (Lipinski definition) is 2. The molecule has 1 unspecified atom stereocenters. The highest BCUT2D eigenvalue weighted by atomic mass is 16.4. The smallest absolute Gasteiger partial charge is 0.303 e. The number of nitrogens with zero attached hydrogens (tertiary/aromatic N) is 1. The SMILES string of the molecule is CC(C)CN1CCC(C(=O)NC(C)(C)CCC(=O)O)C1. The summed E-state index contributed by atoms with van der Waals surface area (Å²) >= 11 is 0. The van der Waals surface area contributed by atoms with E-state index in [1.165, 1.54) is 0 Å². The maximum absolute atomic E-state index is 12.3. The fraction of sp³-hybridized carbons (Fsp3) is 0.867. The van der Waals surface area contributed by atoms with E-state index in [0.717, 1.165) is 26.1 Å². The topological polar surface area (TPSA) is 69.6 Å². The van der Waals surface area contributed by atoms with E-state index in [1.54, 1.807) is 0 Å². The highest BCUT2D eigenvalue weighted by molar-refractivity contribution is 5.80. The second-order valence-corrected chi connectivity index (χ2v) is 6.91. The summed E-state index contributed by atoms with van der Waals surface area (Å²) in [4.78, 5) is 25.2. The molecule has 0 spiro atoms. The lowest BCUT2D eigenvalue weighted by molar-refractivity contribution is -0.138. The molecule has 0 aromatic rings. The summed E-state index contributed by atoms with van der Waals surface area (Å²) in [7, 11) is 0. The van der Waals surface area contributed by atoms with E-state index in [4.69, 9.17) is 5.11 Å². The van der Waals surface area contributed by atoms with Gasteiger partial charge in [-0.25, -0.2) is 0 Å². The molecule has 0 radical (unpaired) electrons. The summed E-state index contributed by atoms with van der Waals surface area (Å²) in [6.07, 6.45) is 1.43. The standard InChI is InChI=1S/C15H28N2O3/c1-11(2)9-17-8-6-12(10-17)14(20)16-15(3,4)7-5-13(18)19/h11-12H,5-10H2,1-4H3,(H,16,20)(H,18,19). The van der Waals surface area contributed by atoms with Crippen LogP contribution in [0.1, 0.15) is 47.0 Å². The first-order chi connectivity index (χ1) is 9.19. The minimum absolute atomic E-state index is 0.0397. The van der Waals surface area contributed by atoms with E-state index in [0.29, 0.717) is 12.3 Å². The number of carbonyl (C=O) groups is 2. The Balaban J connectivity index is 2.41. The molecular formula is C15H28N2O3. The minimum atomic E-state index is -0.823. The lowest BCUT2D eigenvalue weighted by Gasteiger charge is -2.27. The van der Waals surface area contributed by atoms with Crippen molar-refractivity contribution in [1.82, 2.24) is 10.2 Å². The summed E-state index contributed by atoms with van der Waals surface area (Å²) in [6.45, 7) is 11.0. The Bertz CT molecular complexity index is 353. The van der Waals surface area contributed by atoms with Crippen molar-refractivity contribution in [2.24, 2.45) is 11.8 Å². The highest BCUT2D eigenvalue weighted by Crippen LogP contribution is 2.20. The number of amides is 1. The third-order valence-corrected chi connectivity index (χ3v) is 3.69. The van der Waals surface area contributed by atoms with E-state index >= 15 is 0 Å². The molecule has 1 rings (SSSR count). The largest absolute Gasteiger partial charge is 0.481 e. The van der Waals surface area contributed by atoms with Gasteiger partial charge in [0.2, 0.25) is 5.91 Å². The summed E-state index contributed by atoms with van der Waals surface area (Å²) in [6, 6.07) is 0. The summed E-state index contributed by atoms with van der Waals surface area (Å²) in [5.41, 5.74) is -0.457. The predicted molar refractivity (Wildman–Crippen MR) is 78.5 cm³/mol. The van der Waals surface area contributed by atoms with E-state index in [1.807, 2.05) is 13.8 Å². The second-order valence-electron chi connectivity index (χ2n) is 6.91. The Kier molecular flexibility index (Phi) is 5.99. The van der Waals surface area contributed by atoms with E-state index < -0.39 is 11.5 Å². The van der Waals surface area contributed by atoms with Crippen molar-refractivity contribution in [3.8, 4) is 0 Å². The lowest BCUT2D eigenvalue weighted by atomic mass is 9.96. The molecule has 1 aliphatic heterocycles. The Labute approximate surface area is 121 Å². The van der Waals surface area contributed by atoms with Crippen LogP contribution in [-0.2, 0) is 9.59 Å². The first kappa shape index (κ1) is 17.0. The molecule has 1 atom stereocenters. The molecule has 1 aliphatic rings. The van der Waals surface area contributed by atoms with Gasteiger partial charge in [0, 0.05) is 25.0 Å². The van der Waals surface area contributed by atoms with Crippen molar-refractivity contribution in [3.05, 3.63) is 0 Å². The van der Waals surface area contributed by atoms with Crippen LogP contribution in [-0.4, -0.2) is 47.1 Å². The van der Waals surface area contributed by atoms with Gasteiger partial charge in [0.05, 0.1) is 5.92 Å². The van der Waals surface area contributed by atoms with Crippen molar-refractivity contribution < 1.29 is 14.7 Å². The Morgan fingerprint density at radius 3 is 2.60 bits per heavy atom.